The lowest BCUT2D eigenvalue weighted by atomic mass is 9.84. The molecule has 0 unspecified atom stereocenters. The number of carbonyl (C=O) groups excluding carboxylic acids is 2. The lowest BCUT2D eigenvalue weighted by Crippen LogP contribution is -2.37. The van der Waals surface area contributed by atoms with Gasteiger partial charge in [0.15, 0.2) is 0 Å². The Balaban J connectivity index is 1.78. The second-order valence-corrected chi connectivity index (χ2v) is 6.17. The molecule has 0 saturated carbocycles. The molecule has 0 aromatic heterocycles. The number of carbonyl (C=O) groups is 2. The van der Waals surface area contributed by atoms with E-state index in [1.54, 1.807) is 19.2 Å². The first kappa shape index (κ1) is 16.3. The Morgan fingerprint density at radius 2 is 1.77 bits per heavy atom. The number of methoxy groups -OCH3 is 1. The molecule has 0 fully saturated rings. The van der Waals surface area contributed by atoms with Crippen LogP contribution in [-0.2, 0) is 14.3 Å². The number of nitrogens with zero attached hydrogens (tertiary/aromatic N) is 1. The fourth-order valence-corrected chi connectivity index (χ4v) is 3.46. The van der Waals surface area contributed by atoms with E-state index in [1.807, 2.05) is 12.1 Å². The Morgan fingerprint density at radius 3 is 2.42 bits per heavy atom. The minimum Gasteiger partial charge on any atom is -0.497 e. The molecule has 0 bridgehead atoms. The van der Waals surface area contributed by atoms with Crippen LogP contribution in [0.5, 0.6) is 5.75 Å². The third-order valence-electron chi connectivity index (χ3n) is 4.72. The molecule has 2 heterocycles. The molecule has 132 valence electrons. The van der Waals surface area contributed by atoms with Crippen molar-refractivity contribution < 1.29 is 23.5 Å². The van der Waals surface area contributed by atoms with E-state index in [0.29, 0.717) is 22.7 Å². The molecule has 0 N–H and O–H groups in total. The second kappa shape index (κ2) is 6.29. The molecule has 26 heavy (non-hydrogen) atoms. The van der Waals surface area contributed by atoms with Gasteiger partial charge in [-0.3, -0.25) is 9.69 Å². The van der Waals surface area contributed by atoms with E-state index in [9.17, 15) is 14.0 Å². The lowest BCUT2D eigenvalue weighted by molar-refractivity contribution is -0.136. The number of amides is 1. The maximum atomic E-state index is 13.2. The van der Waals surface area contributed by atoms with Crippen molar-refractivity contribution in [2.75, 3.05) is 18.6 Å². The zero-order valence-electron chi connectivity index (χ0n) is 14.1. The summed E-state index contributed by atoms with van der Waals surface area (Å²) in [6.07, 6.45) is 0.137. The highest BCUT2D eigenvalue weighted by atomic mass is 19.1. The van der Waals surface area contributed by atoms with Crippen molar-refractivity contribution >= 4 is 17.6 Å². The van der Waals surface area contributed by atoms with E-state index in [-0.39, 0.29) is 30.7 Å². The van der Waals surface area contributed by atoms with E-state index in [4.69, 9.17) is 9.47 Å². The summed E-state index contributed by atoms with van der Waals surface area (Å²) in [5.41, 5.74) is 2.39. The summed E-state index contributed by atoms with van der Waals surface area (Å²) in [5.74, 6) is -0.626. The van der Waals surface area contributed by atoms with Crippen molar-refractivity contribution in [3.8, 4) is 5.75 Å². The zero-order chi connectivity index (χ0) is 18.3. The number of esters is 1. The average molecular weight is 353 g/mol. The van der Waals surface area contributed by atoms with Crippen molar-refractivity contribution in [3.63, 3.8) is 0 Å². The van der Waals surface area contributed by atoms with E-state index in [0.717, 1.165) is 5.56 Å². The van der Waals surface area contributed by atoms with Crippen LogP contribution in [0.4, 0.5) is 10.1 Å². The van der Waals surface area contributed by atoms with Crippen molar-refractivity contribution in [3.05, 3.63) is 71.2 Å². The maximum Gasteiger partial charge on any atom is 0.336 e. The fraction of sp³-hybridized carbons (Fsp3) is 0.200. The van der Waals surface area contributed by atoms with Crippen LogP contribution >= 0.6 is 0 Å². The summed E-state index contributed by atoms with van der Waals surface area (Å²) in [7, 11) is 1.58. The number of anilines is 1. The van der Waals surface area contributed by atoms with Crippen LogP contribution in [0, 0.1) is 5.82 Å². The quantitative estimate of drug-likeness (QED) is 0.796. The summed E-state index contributed by atoms with van der Waals surface area (Å²) in [6, 6.07) is 12.9. The monoisotopic (exact) mass is 353 g/mol. The van der Waals surface area contributed by atoms with E-state index >= 15 is 0 Å². The van der Waals surface area contributed by atoms with Crippen molar-refractivity contribution in [1.29, 1.82) is 0 Å². The predicted octanol–water partition coefficient (Wildman–Crippen LogP) is 3.17. The molecule has 0 spiro atoms. The molecule has 0 saturated heterocycles. The summed E-state index contributed by atoms with van der Waals surface area (Å²) >= 11 is 0. The molecule has 2 aliphatic heterocycles. The molecule has 0 radical (unpaired) electrons. The first-order valence-corrected chi connectivity index (χ1v) is 8.21. The summed E-state index contributed by atoms with van der Waals surface area (Å²) < 4.78 is 23.6. The van der Waals surface area contributed by atoms with Crippen LogP contribution in [0.3, 0.4) is 0 Å². The lowest BCUT2D eigenvalue weighted by Gasteiger charge is -2.31. The number of halogens is 1. The van der Waals surface area contributed by atoms with Gasteiger partial charge in [-0.05, 0) is 42.0 Å². The van der Waals surface area contributed by atoms with E-state index in [2.05, 4.69) is 0 Å². The largest absolute Gasteiger partial charge is 0.497 e. The summed E-state index contributed by atoms with van der Waals surface area (Å²) in [4.78, 5) is 26.7. The smallest absolute Gasteiger partial charge is 0.336 e. The molecule has 5 nitrogen and oxygen atoms in total. The van der Waals surface area contributed by atoms with Crippen molar-refractivity contribution in [2.45, 2.75) is 12.3 Å². The third-order valence-corrected chi connectivity index (χ3v) is 4.72. The number of hydrogen-bond acceptors (Lipinski definition) is 4. The van der Waals surface area contributed by atoms with Gasteiger partial charge in [0, 0.05) is 18.0 Å². The molecule has 1 atom stereocenters. The molecule has 4 rings (SSSR count). The van der Waals surface area contributed by atoms with Gasteiger partial charge in [-0.2, -0.15) is 0 Å². The fourth-order valence-electron chi connectivity index (χ4n) is 3.46. The first-order chi connectivity index (χ1) is 12.6. The number of benzene rings is 2. The van der Waals surface area contributed by atoms with Crippen LogP contribution in [0.15, 0.2) is 59.8 Å². The number of ether oxygens (including phenoxy) is 2. The highest BCUT2D eigenvalue weighted by molar-refractivity contribution is 6.06. The summed E-state index contributed by atoms with van der Waals surface area (Å²) in [6.45, 7) is 0.0317. The Morgan fingerprint density at radius 1 is 1.08 bits per heavy atom. The molecule has 0 aliphatic carbocycles. The van der Waals surface area contributed by atoms with Crippen LogP contribution < -0.4 is 9.64 Å². The van der Waals surface area contributed by atoms with Gasteiger partial charge < -0.3 is 9.47 Å². The summed E-state index contributed by atoms with van der Waals surface area (Å²) in [5, 5.41) is 0. The molecular formula is C20H16FNO4. The molecule has 2 aromatic carbocycles. The number of rotatable bonds is 3. The van der Waals surface area contributed by atoms with Crippen molar-refractivity contribution in [1.82, 2.24) is 0 Å². The molecule has 2 aliphatic rings. The molecular weight excluding hydrogens is 337 g/mol. The molecule has 2 aromatic rings. The van der Waals surface area contributed by atoms with Crippen LogP contribution in [0.25, 0.3) is 0 Å². The van der Waals surface area contributed by atoms with E-state index in [1.165, 1.54) is 29.2 Å². The van der Waals surface area contributed by atoms with E-state index < -0.39 is 5.97 Å². The zero-order valence-corrected chi connectivity index (χ0v) is 14.1. The Kier molecular flexibility index (Phi) is 3.95. The number of cyclic esters (lactones) is 1. The Hall–Kier alpha value is -3.15. The molecule has 6 heteroatoms. The topological polar surface area (TPSA) is 55.8 Å². The Bertz CT molecular complexity index is 902. The van der Waals surface area contributed by atoms with Gasteiger partial charge in [0.25, 0.3) is 0 Å². The minimum atomic E-state index is -0.416. The van der Waals surface area contributed by atoms with Gasteiger partial charge in [0.2, 0.25) is 5.91 Å². The first-order valence-electron chi connectivity index (χ1n) is 8.21. The van der Waals surface area contributed by atoms with Gasteiger partial charge in [-0.25, -0.2) is 9.18 Å². The normalized spacial score (nSPS) is 19.5. The highest BCUT2D eigenvalue weighted by Gasteiger charge is 2.42. The maximum absolute atomic E-state index is 13.2. The average Bonchev–Trinajstić information content (AvgIpc) is 3.04. The standard InChI is InChI=1S/C20H16FNO4/c1-25-15-8-2-12(3-9-15)16-10-18(23)22(14-6-4-13(21)5-7-14)17-11-26-20(24)19(16)17/h2-9,16H,10-11H2,1H3/t16-/m0/s1. The Labute approximate surface area is 149 Å². The van der Waals surface area contributed by atoms with Gasteiger partial charge in [-0.15, -0.1) is 0 Å². The van der Waals surface area contributed by atoms with Crippen LogP contribution in [0.1, 0.15) is 17.9 Å². The SMILES string of the molecule is COc1ccc([C@@H]2CC(=O)N(c3ccc(F)cc3)C3=C2C(=O)OC3)cc1. The minimum absolute atomic E-state index is 0.0317. The molecule has 1 amide bonds. The van der Waals surface area contributed by atoms with Crippen molar-refractivity contribution in [2.24, 2.45) is 0 Å². The van der Waals surface area contributed by atoms with Crippen LogP contribution in [-0.4, -0.2) is 25.6 Å². The second-order valence-electron chi connectivity index (χ2n) is 6.17. The van der Waals surface area contributed by atoms with Gasteiger partial charge >= 0.3 is 5.97 Å². The van der Waals surface area contributed by atoms with Crippen LogP contribution in [0.2, 0.25) is 0 Å². The van der Waals surface area contributed by atoms with Gasteiger partial charge in [-0.1, -0.05) is 12.1 Å². The third kappa shape index (κ3) is 2.63. The number of hydrogen-bond donors (Lipinski definition) is 0. The van der Waals surface area contributed by atoms with Gasteiger partial charge in [0.1, 0.15) is 18.2 Å². The predicted molar refractivity (Wildman–Crippen MR) is 92.2 cm³/mol. The van der Waals surface area contributed by atoms with Gasteiger partial charge in [0.05, 0.1) is 18.4 Å². The highest BCUT2D eigenvalue weighted by Crippen LogP contribution is 2.42.